The molecule has 1 aromatic rings. The maximum Gasteiger partial charge on any atom is 0.387 e. The minimum absolute atomic E-state index is 0.452. The number of alkyl halides is 2. The molecule has 1 N–H and O–H groups in total. The van der Waals surface area contributed by atoms with Crippen LogP contribution in [0, 0.1) is 10.1 Å². The lowest BCUT2D eigenvalue weighted by Gasteiger charge is -2.03. The van der Waals surface area contributed by atoms with Crippen LogP contribution in [-0.2, 0) is 0 Å². The van der Waals surface area contributed by atoms with Crippen molar-refractivity contribution >= 4 is 5.69 Å². The third kappa shape index (κ3) is 2.54. The van der Waals surface area contributed by atoms with E-state index in [1.54, 1.807) is 0 Å². The van der Waals surface area contributed by atoms with Crippen LogP contribution in [-0.4, -0.2) is 16.6 Å². The molecule has 76 valence electrons. The molecule has 0 saturated carbocycles. The highest BCUT2D eigenvalue weighted by Gasteiger charge is 2.12. The molecule has 0 bridgehead atoms. The Morgan fingerprint density at radius 2 is 2.07 bits per heavy atom. The third-order valence-corrected chi connectivity index (χ3v) is 1.31. The second-order valence-corrected chi connectivity index (χ2v) is 2.32. The Labute approximate surface area is 76.7 Å². The minimum Gasteiger partial charge on any atom is -0.508 e. The van der Waals surface area contributed by atoms with Crippen molar-refractivity contribution < 1.29 is 23.5 Å². The van der Waals surface area contributed by atoms with Gasteiger partial charge in [-0.25, -0.2) is 0 Å². The van der Waals surface area contributed by atoms with E-state index in [2.05, 4.69) is 4.74 Å². The molecule has 0 aliphatic heterocycles. The van der Waals surface area contributed by atoms with Crippen molar-refractivity contribution in [1.82, 2.24) is 0 Å². The van der Waals surface area contributed by atoms with Gasteiger partial charge >= 0.3 is 6.61 Å². The van der Waals surface area contributed by atoms with Crippen molar-refractivity contribution in [2.45, 2.75) is 6.61 Å². The third-order valence-electron chi connectivity index (χ3n) is 1.31. The molecule has 0 fully saturated rings. The van der Waals surface area contributed by atoms with E-state index in [9.17, 15) is 18.9 Å². The Balaban J connectivity index is 3.01. The zero-order valence-corrected chi connectivity index (χ0v) is 6.68. The molecule has 0 heterocycles. The Morgan fingerprint density at radius 3 is 2.57 bits per heavy atom. The van der Waals surface area contributed by atoms with Gasteiger partial charge in [-0.05, 0) is 0 Å². The molecule has 0 aromatic heterocycles. The summed E-state index contributed by atoms with van der Waals surface area (Å²) in [5.41, 5.74) is -0.513. The van der Waals surface area contributed by atoms with Crippen molar-refractivity contribution in [1.29, 1.82) is 0 Å². The van der Waals surface area contributed by atoms with Crippen LogP contribution in [0.25, 0.3) is 0 Å². The van der Waals surface area contributed by atoms with Gasteiger partial charge in [0.05, 0.1) is 17.1 Å². The maximum atomic E-state index is 11.7. The molecule has 0 saturated heterocycles. The molecular formula is C7H5F2NO4. The second kappa shape index (κ2) is 3.86. The highest BCUT2D eigenvalue weighted by molar-refractivity contribution is 5.45. The topological polar surface area (TPSA) is 72.6 Å². The number of nitrogens with zero attached hydrogens (tertiary/aromatic N) is 1. The van der Waals surface area contributed by atoms with E-state index >= 15 is 0 Å². The van der Waals surface area contributed by atoms with E-state index in [0.29, 0.717) is 0 Å². The number of rotatable bonds is 3. The van der Waals surface area contributed by atoms with Crippen molar-refractivity contribution in [3.8, 4) is 11.5 Å². The number of non-ortho nitro benzene ring substituents is 1. The molecule has 0 amide bonds. The van der Waals surface area contributed by atoms with Crippen LogP contribution >= 0.6 is 0 Å². The molecule has 1 rings (SSSR count). The normalized spacial score (nSPS) is 10.2. The van der Waals surface area contributed by atoms with E-state index in [0.717, 1.165) is 18.2 Å². The largest absolute Gasteiger partial charge is 0.508 e. The summed E-state index contributed by atoms with van der Waals surface area (Å²) in [5, 5.41) is 19.2. The molecule has 0 atom stereocenters. The molecule has 5 nitrogen and oxygen atoms in total. The first kappa shape index (κ1) is 10.2. The van der Waals surface area contributed by atoms with Gasteiger partial charge in [0.15, 0.2) is 0 Å². The number of hydrogen-bond acceptors (Lipinski definition) is 4. The van der Waals surface area contributed by atoms with Gasteiger partial charge in [0, 0.05) is 6.07 Å². The Kier molecular flexibility index (Phi) is 2.80. The summed E-state index contributed by atoms with van der Waals surface area (Å²) in [4.78, 5) is 9.42. The van der Waals surface area contributed by atoms with Crippen LogP contribution in [0.4, 0.5) is 14.5 Å². The first-order valence-corrected chi connectivity index (χ1v) is 3.42. The average molecular weight is 205 g/mol. The van der Waals surface area contributed by atoms with Crippen molar-refractivity contribution in [3.63, 3.8) is 0 Å². The summed E-state index contributed by atoms with van der Waals surface area (Å²) >= 11 is 0. The van der Waals surface area contributed by atoms with Gasteiger partial charge < -0.3 is 9.84 Å². The van der Waals surface area contributed by atoms with Gasteiger partial charge in [0.2, 0.25) is 0 Å². The predicted octanol–water partition coefficient (Wildman–Crippen LogP) is 1.90. The number of hydrogen-bond donors (Lipinski definition) is 1. The number of nitro benzene ring substituents is 1. The van der Waals surface area contributed by atoms with Gasteiger partial charge in [-0.15, -0.1) is 0 Å². The Morgan fingerprint density at radius 1 is 1.43 bits per heavy atom. The molecule has 7 heteroatoms. The quantitative estimate of drug-likeness (QED) is 0.604. The van der Waals surface area contributed by atoms with E-state index in [-0.39, 0.29) is 0 Å². The number of nitro groups is 1. The van der Waals surface area contributed by atoms with Crippen LogP contribution in [0.3, 0.4) is 0 Å². The number of halogens is 2. The van der Waals surface area contributed by atoms with E-state index in [4.69, 9.17) is 5.11 Å². The van der Waals surface area contributed by atoms with Gasteiger partial charge in [-0.3, -0.25) is 10.1 Å². The predicted molar refractivity (Wildman–Crippen MR) is 41.4 cm³/mol. The fourth-order valence-electron chi connectivity index (χ4n) is 0.844. The van der Waals surface area contributed by atoms with Crippen molar-refractivity contribution in [2.24, 2.45) is 0 Å². The number of phenols is 1. The minimum atomic E-state index is -3.09. The smallest absolute Gasteiger partial charge is 0.387 e. The lowest BCUT2D eigenvalue weighted by atomic mass is 10.3. The van der Waals surface area contributed by atoms with Gasteiger partial charge in [0.1, 0.15) is 11.5 Å². The molecule has 14 heavy (non-hydrogen) atoms. The number of aromatic hydroxyl groups is 1. The lowest BCUT2D eigenvalue weighted by Crippen LogP contribution is -2.02. The highest BCUT2D eigenvalue weighted by Crippen LogP contribution is 2.27. The summed E-state index contributed by atoms with van der Waals surface area (Å²) in [7, 11) is 0. The van der Waals surface area contributed by atoms with Crippen LogP contribution in [0.15, 0.2) is 18.2 Å². The molecule has 0 radical (unpaired) electrons. The van der Waals surface area contributed by atoms with E-state index < -0.39 is 28.7 Å². The van der Waals surface area contributed by atoms with Crippen LogP contribution in [0.5, 0.6) is 11.5 Å². The van der Waals surface area contributed by atoms with Crippen molar-refractivity contribution in [3.05, 3.63) is 28.3 Å². The summed E-state index contributed by atoms with van der Waals surface area (Å²) in [6.45, 7) is -3.09. The summed E-state index contributed by atoms with van der Waals surface area (Å²) < 4.78 is 27.3. The lowest BCUT2D eigenvalue weighted by molar-refractivity contribution is -0.385. The van der Waals surface area contributed by atoms with Crippen LogP contribution in [0.2, 0.25) is 0 Å². The molecule has 0 spiro atoms. The Bertz CT molecular complexity index is 356. The fourth-order valence-corrected chi connectivity index (χ4v) is 0.844. The molecule has 0 aliphatic rings. The summed E-state index contributed by atoms with van der Waals surface area (Å²) in [6, 6.07) is 2.49. The zero-order valence-electron chi connectivity index (χ0n) is 6.68. The highest BCUT2D eigenvalue weighted by atomic mass is 19.3. The first-order chi connectivity index (χ1) is 6.49. The standard InChI is InChI=1S/C7H5F2NO4/c8-7(9)14-6-2-4(10(12)13)1-5(11)3-6/h1-3,7,11H. The zero-order chi connectivity index (χ0) is 10.7. The molecule has 0 aliphatic carbocycles. The maximum absolute atomic E-state index is 11.7. The van der Waals surface area contributed by atoms with E-state index in [1.165, 1.54) is 0 Å². The number of ether oxygens (including phenoxy) is 1. The van der Waals surface area contributed by atoms with Crippen LogP contribution < -0.4 is 4.74 Å². The molecule has 0 unspecified atom stereocenters. The molecule has 1 aromatic carbocycles. The first-order valence-electron chi connectivity index (χ1n) is 3.42. The number of phenolic OH excluding ortho intramolecular Hbond substituents is 1. The van der Waals surface area contributed by atoms with E-state index in [1.807, 2.05) is 0 Å². The average Bonchev–Trinajstić information content (AvgIpc) is 2.01. The monoisotopic (exact) mass is 205 g/mol. The Hall–Kier alpha value is -1.92. The second-order valence-electron chi connectivity index (χ2n) is 2.32. The van der Waals surface area contributed by atoms with Gasteiger partial charge in [0.25, 0.3) is 5.69 Å². The number of benzene rings is 1. The molecular weight excluding hydrogens is 200 g/mol. The summed E-state index contributed by atoms with van der Waals surface area (Å²) in [6.07, 6.45) is 0. The summed E-state index contributed by atoms with van der Waals surface area (Å²) in [5.74, 6) is -0.957. The van der Waals surface area contributed by atoms with Gasteiger partial charge in [-0.1, -0.05) is 0 Å². The van der Waals surface area contributed by atoms with Gasteiger partial charge in [-0.2, -0.15) is 8.78 Å². The SMILES string of the molecule is O=[N+]([O-])c1cc(O)cc(OC(F)F)c1. The van der Waals surface area contributed by atoms with Crippen molar-refractivity contribution in [2.75, 3.05) is 0 Å². The fraction of sp³-hybridized carbons (Fsp3) is 0.143. The van der Waals surface area contributed by atoms with Crippen LogP contribution in [0.1, 0.15) is 0 Å².